The molecule has 3 aromatic carbocycles. The maximum absolute atomic E-state index is 12.5. The minimum atomic E-state index is -0.420. The van der Waals surface area contributed by atoms with Crippen molar-refractivity contribution in [2.75, 3.05) is 5.32 Å². The first-order valence-corrected chi connectivity index (χ1v) is 9.12. The topological polar surface area (TPSA) is 62.0 Å². The number of pyridine rings is 1. The summed E-state index contributed by atoms with van der Waals surface area (Å²) in [7, 11) is 0. The number of amides is 1. The number of nitrogens with one attached hydrogen (secondary N) is 2. The van der Waals surface area contributed by atoms with Crippen LogP contribution in [0.2, 0.25) is 0 Å². The minimum Gasteiger partial charge on any atom is -0.322 e. The van der Waals surface area contributed by atoms with Gasteiger partial charge in [-0.1, -0.05) is 42.5 Å². The van der Waals surface area contributed by atoms with Crippen molar-refractivity contribution in [3.8, 4) is 11.3 Å². The molecular formula is C24H20N2O2. The first-order valence-electron chi connectivity index (χ1n) is 9.12. The number of rotatable bonds is 3. The third-order valence-corrected chi connectivity index (χ3v) is 4.69. The van der Waals surface area contributed by atoms with Crippen LogP contribution in [0.4, 0.5) is 5.69 Å². The van der Waals surface area contributed by atoms with Gasteiger partial charge in [0.15, 0.2) is 0 Å². The summed E-state index contributed by atoms with van der Waals surface area (Å²) < 4.78 is 0. The summed E-state index contributed by atoms with van der Waals surface area (Å²) in [4.78, 5) is 27.9. The van der Waals surface area contributed by atoms with Gasteiger partial charge >= 0.3 is 0 Å². The number of fused-ring (bicyclic) bond motifs is 1. The molecule has 0 spiro atoms. The predicted molar refractivity (Wildman–Crippen MR) is 114 cm³/mol. The van der Waals surface area contributed by atoms with Gasteiger partial charge in [0.2, 0.25) is 0 Å². The number of H-pyrrole nitrogens is 1. The van der Waals surface area contributed by atoms with Gasteiger partial charge in [0.05, 0.1) is 0 Å². The van der Waals surface area contributed by atoms with Crippen LogP contribution in [0, 0.1) is 13.8 Å². The zero-order chi connectivity index (χ0) is 19.7. The first-order chi connectivity index (χ1) is 13.5. The molecule has 0 saturated carbocycles. The molecule has 4 aromatic rings. The van der Waals surface area contributed by atoms with E-state index in [1.165, 1.54) is 0 Å². The van der Waals surface area contributed by atoms with Crippen molar-refractivity contribution in [2.24, 2.45) is 0 Å². The molecule has 0 saturated heterocycles. The summed E-state index contributed by atoms with van der Waals surface area (Å²) in [5.41, 5.74) is 4.04. The number of benzene rings is 3. The van der Waals surface area contributed by atoms with E-state index < -0.39 is 11.5 Å². The highest BCUT2D eigenvalue weighted by Gasteiger charge is 2.12. The summed E-state index contributed by atoms with van der Waals surface area (Å²) in [6.45, 7) is 3.93. The van der Waals surface area contributed by atoms with Crippen LogP contribution in [0.3, 0.4) is 0 Å². The van der Waals surface area contributed by atoms with Gasteiger partial charge in [-0.05, 0) is 71.6 Å². The highest BCUT2D eigenvalue weighted by Crippen LogP contribution is 2.22. The lowest BCUT2D eigenvalue weighted by molar-refractivity contribution is 0.102. The average Bonchev–Trinajstić information content (AvgIpc) is 2.66. The maximum Gasteiger partial charge on any atom is 0.261 e. The number of aromatic nitrogens is 1. The molecule has 1 amide bonds. The summed E-state index contributed by atoms with van der Waals surface area (Å²) in [6, 6.07) is 23.2. The van der Waals surface area contributed by atoms with E-state index in [1.807, 2.05) is 74.5 Å². The average molecular weight is 368 g/mol. The molecule has 0 aliphatic carbocycles. The third-order valence-electron chi connectivity index (χ3n) is 4.69. The second kappa shape index (κ2) is 7.16. The molecule has 4 nitrogen and oxygen atoms in total. The van der Waals surface area contributed by atoms with Gasteiger partial charge in [-0.15, -0.1) is 0 Å². The fraction of sp³-hybridized carbons (Fsp3) is 0.0833. The summed E-state index contributed by atoms with van der Waals surface area (Å²) in [5.74, 6) is -0.420. The molecule has 1 heterocycles. The number of hydrogen-bond acceptors (Lipinski definition) is 2. The van der Waals surface area contributed by atoms with E-state index in [9.17, 15) is 9.59 Å². The number of hydrogen-bond donors (Lipinski definition) is 2. The molecule has 0 atom stereocenters. The minimum absolute atomic E-state index is 0.0868. The van der Waals surface area contributed by atoms with Crippen molar-refractivity contribution in [1.29, 1.82) is 0 Å². The van der Waals surface area contributed by atoms with Crippen LogP contribution in [0.1, 0.15) is 21.5 Å². The Balaban J connectivity index is 1.63. The smallest absolute Gasteiger partial charge is 0.261 e. The molecule has 0 aliphatic heterocycles. The van der Waals surface area contributed by atoms with Crippen LogP contribution in [-0.4, -0.2) is 10.9 Å². The van der Waals surface area contributed by atoms with Crippen molar-refractivity contribution >= 4 is 22.4 Å². The van der Waals surface area contributed by atoms with Gasteiger partial charge in [-0.25, -0.2) is 0 Å². The summed E-state index contributed by atoms with van der Waals surface area (Å²) in [6.07, 6.45) is 0. The highest BCUT2D eigenvalue weighted by atomic mass is 16.2. The monoisotopic (exact) mass is 368 g/mol. The molecular weight excluding hydrogens is 348 g/mol. The lowest BCUT2D eigenvalue weighted by atomic mass is 10.0. The molecule has 2 N–H and O–H groups in total. The van der Waals surface area contributed by atoms with E-state index in [-0.39, 0.29) is 5.56 Å². The Kier molecular flexibility index (Phi) is 4.53. The van der Waals surface area contributed by atoms with Gasteiger partial charge < -0.3 is 10.3 Å². The molecule has 138 valence electrons. The van der Waals surface area contributed by atoms with Crippen molar-refractivity contribution in [1.82, 2.24) is 4.98 Å². The fourth-order valence-corrected chi connectivity index (χ4v) is 3.42. The van der Waals surface area contributed by atoms with Crippen molar-refractivity contribution in [3.05, 3.63) is 99.8 Å². The SMILES string of the molecule is Cc1cc(C)cc(NC(=O)c2ccc(-c3ccc4ccccc4c3)[nH]c2=O)c1. The number of aryl methyl sites for hydroxylation is 2. The van der Waals surface area contributed by atoms with Crippen LogP contribution >= 0.6 is 0 Å². The Hall–Kier alpha value is -3.66. The van der Waals surface area contributed by atoms with E-state index >= 15 is 0 Å². The number of carbonyl (C=O) groups excluding carboxylic acids is 1. The molecule has 4 rings (SSSR count). The van der Waals surface area contributed by atoms with E-state index in [2.05, 4.69) is 10.3 Å². The zero-order valence-corrected chi connectivity index (χ0v) is 15.7. The Morgan fingerprint density at radius 3 is 2.25 bits per heavy atom. The molecule has 0 radical (unpaired) electrons. The quantitative estimate of drug-likeness (QED) is 0.531. The molecule has 0 unspecified atom stereocenters. The first kappa shape index (κ1) is 17.7. The van der Waals surface area contributed by atoms with Crippen LogP contribution in [0.5, 0.6) is 0 Å². The lowest BCUT2D eigenvalue weighted by Gasteiger charge is -2.08. The largest absolute Gasteiger partial charge is 0.322 e. The van der Waals surface area contributed by atoms with Crippen molar-refractivity contribution in [2.45, 2.75) is 13.8 Å². The van der Waals surface area contributed by atoms with Crippen LogP contribution in [-0.2, 0) is 0 Å². The Bertz CT molecular complexity index is 1230. The summed E-state index contributed by atoms with van der Waals surface area (Å²) in [5, 5.41) is 5.04. The van der Waals surface area contributed by atoms with Gasteiger partial charge in [-0.3, -0.25) is 9.59 Å². The fourth-order valence-electron chi connectivity index (χ4n) is 3.42. The van der Waals surface area contributed by atoms with Crippen LogP contribution in [0.15, 0.2) is 77.6 Å². The normalized spacial score (nSPS) is 10.8. The second-order valence-corrected chi connectivity index (χ2v) is 7.01. The van der Waals surface area contributed by atoms with E-state index in [4.69, 9.17) is 0 Å². The molecule has 0 aliphatic rings. The third kappa shape index (κ3) is 3.58. The van der Waals surface area contributed by atoms with E-state index in [1.54, 1.807) is 12.1 Å². The van der Waals surface area contributed by atoms with Gasteiger partial charge in [0, 0.05) is 11.4 Å². The van der Waals surface area contributed by atoms with Gasteiger partial charge in [0.1, 0.15) is 5.56 Å². The van der Waals surface area contributed by atoms with E-state index in [0.717, 1.165) is 27.5 Å². The highest BCUT2D eigenvalue weighted by molar-refractivity contribution is 6.04. The van der Waals surface area contributed by atoms with Crippen molar-refractivity contribution < 1.29 is 4.79 Å². The molecule has 0 fully saturated rings. The number of aromatic amines is 1. The van der Waals surface area contributed by atoms with Crippen LogP contribution in [0.25, 0.3) is 22.0 Å². The molecule has 4 heteroatoms. The number of carbonyl (C=O) groups is 1. The molecule has 1 aromatic heterocycles. The standard InChI is InChI=1S/C24H20N2O2/c1-15-11-16(2)13-20(12-15)25-23(27)21-9-10-22(26-24(21)28)19-8-7-17-5-3-4-6-18(17)14-19/h3-14H,1-2H3,(H,25,27)(H,26,28). The predicted octanol–water partition coefficient (Wildman–Crippen LogP) is 5.06. The maximum atomic E-state index is 12.5. The molecule has 0 bridgehead atoms. The molecule has 28 heavy (non-hydrogen) atoms. The van der Waals surface area contributed by atoms with Crippen molar-refractivity contribution in [3.63, 3.8) is 0 Å². The lowest BCUT2D eigenvalue weighted by Crippen LogP contribution is -2.23. The van der Waals surface area contributed by atoms with Gasteiger partial charge in [0.25, 0.3) is 11.5 Å². The summed E-state index contributed by atoms with van der Waals surface area (Å²) >= 11 is 0. The van der Waals surface area contributed by atoms with E-state index in [0.29, 0.717) is 11.4 Å². The Morgan fingerprint density at radius 2 is 1.54 bits per heavy atom. The van der Waals surface area contributed by atoms with Gasteiger partial charge in [-0.2, -0.15) is 0 Å². The number of anilines is 1. The Labute approximate surface area is 162 Å². The Morgan fingerprint density at radius 1 is 0.821 bits per heavy atom. The van der Waals surface area contributed by atoms with Crippen LogP contribution < -0.4 is 10.9 Å². The zero-order valence-electron chi connectivity index (χ0n) is 15.7. The second-order valence-electron chi connectivity index (χ2n) is 7.01.